The largest absolute Gasteiger partial charge is 0.243 e. The monoisotopic (exact) mass is 202 g/mol. The summed E-state index contributed by atoms with van der Waals surface area (Å²) in [5.74, 6) is 0. The SMILES string of the molecule is S[s+]1cnc2c(Cl)cccc21. The fourth-order valence-corrected chi connectivity index (χ4v) is 2.71. The minimum absolute atomic E-state index is 0.140. The highest BCUT2D eigenvalue weighted by Crippen LogP contribution is 2.34. The van der Waals surface area contributed by atoms with E-state index in [1.165, 1.54) is 0 Å². The fraction of sp³-hybridized carbons (Fsp3) is 0. The molecule has 0 amide bonds. The molecule has 4 heteroatoms. The molecule has 2 rings (SSSR count). The van der Waals surface area contributed by atoms with Gasteiger partial charge in [0.1, 0.15) is 17.2 Å². The van der Waals surface area contributed by atoms with Crippen molar-refractivity contribution in [3.63, 3.8) is 0 Å². The first kappa shape index (κ1) is 7.40. The molecule has 1 aromatic carbocycles. The van der Waals surface area contributed by atoms with Gasteiger partial charge >= 0.3 is 0 Å². The summed E-state index contributed by atoms with van der Waals surface area (Å²) in [5.41, 5.74) is 2.70. The van der Waals surface area contributed by atoms with Gasteiger partial charge in [0.15, 0.2) is 0 Å². The Balaban J connectivity index is 2.94. The minimum atomic E-state index is -0.140. The van der Waals surface area contributed by atoms with Gasteiger partial charge in [0.2, 0.25) is 10.2 Å². The van der Waals surface area contributed by atoms with E-state index in [1.54, 1.807) is 0 Å². The van der Waals surface area contributed by atoms with Gasteiger partial charge < -0.3 is 0 Å². The first-order valence-electron chi connectivity index (χ1n) is 3.04. The number of hydrogen-bond acceptors (Lipinski definition) is 2. The summed E-state index contributed by atoms with van der Waals surface area (Å²) in [5, 5.41) is 0.711. The highest BCUT2D eigenvalue weighted by molar-refractivity contribution is 8.34. The third kappa shape index (κ3) is 1.13. The van der Waals surface area contributed by atoms with Crippen molar-refractivity contribution >= 4 is 43.0 Å². The van der Waals surface area contributed by atoms with Crippen LogP contribution in [0.25, 0.3) is 10.2 Å². The third-order valence-corrected chi connectivity index (χ3v) is 3.72. The second-order valence-corrected chi connectivity index (χ2v) is 5.00. The smallest absolute Gasteiger partial charge is 0.197 e. The Labute approximate surface area is 76.8 Å². The normalized spacial score (nSPS) is 12.4. The number of thiazole rings is 1. The molecule has 0 radical (unpaired) electrons. The molecule has 1 atom stereocenters. The number of thiol groups is 1. The van der Waals surface area contributed by atoms with Gasteiger partial charge in [-0.2, -0.15) is 4.98 Å². The molecule has 0 fully saturated rings. The molecule has 2 aromatic rings. The Bertz CT molecular complexity index is 396. The molecule has 1 aromatic heterocycles. The van der Waals surface area contributed by atoms with E-state index >= 15 is 0 Å². The van der Waals surface area contributed by atoms with Gasteiger partial charge in [-0.1, -0.05) is 17.7 Å². The predicted octanol–water partition coefficient (Wildman–Crippen LogP) is 3.33. The Morgan fingerprint density at radius 2 is 2.27 bits per heavy atom. The van der Waals surface area contributed by atoms with Gasteiger partial charge in [-0.25, -0.2) is 0 Å². The summed E-state index contributed by atoms with van der Waals surface area (Å²) in [6.45, 7) is 0. The molecule has 1 nitrogen and oxygen atoms in total. The van der Waals surface area contributed by atoms with Gasteiger partial charge in [-0.05, 0) is 6.07 Å². The van der Waals surface area contributed by atoms with Crippen LogP contribution in [0.5, 0.6) is 0 Å². The number of fused-ring (bicyclic) bond motifs is 1. The Morgan fingerprint density at radius 1 is 1.45 bits per heavy atom. The molecule has 0 aliphatic heterocycles. The first-order valence-corrected chi connectivity index (χ1v) is 5.76. The number of halogens is 1. The van der Waals surface area contributed by atoms with Crippen LogP contribution in [0.15, 0.2) is 23.7 Å². The van der Waals surface area contributed by atoms with Crippen molar-refractivity contribution in [2.45, 2.75) is 0 Å². The predicted molar refractivity (Wildman–Crippen MR) is 53.6 cm³/mol. The molecular weight excluding hydrogens is 198 g/mol. The fourth-order valence-electron chi connectivity index (χ4n) is 0.949. The van der Waals surface area contributed by atoms with Gasteiger partial charge in [0.25, 0.3) is 0 Å². The molecule has 0 saturated heterocycles. The number of rotatable bonds is 0. The van der Waals surface area contributed by atoms with Crippen LogP contribution in [0, 0.1) is 0 Å². The van der Waals surface area contributed by atoms with Crippen molar-refractivity contribution < 1.29 is 0 Å². The quantitative estimate of drug-likeness (QED) is 0.393. The lowest BCUT2D eigenvalue weighted by molar-refractivity contribution is 1.50. The topological polar surface area (TPSA) is 12.9 Å². The Kier molecular flexibility index (Phi) is 1.79. The van der Waals surface area contributed by atoms with E-state index in [4.69, 9.17) is 11.6 Å². The number of aromatic nitrogens is 1. The molecule has 11 heavy (non-hydrogen) atoms. The van der Waals surface area contributed by atoms with Crippen LogP contribution in [-0.2, 0) is 0 Å². The van der Waals surface area contributed by atoms with Gasteiger partial charge in [-0.15, -0.1) is 0 Å². The lowest BCUT2D eigenvalue weighted by Crippen LogP contribution is -1.67. The molecular formula is C7H5ClNS2+. The second-order valence-electron chi connectivity index (χ2n) is 2.14. The summed E-state index contributed by atoms with van der Waals surface area (Å²) in [6.07, 6.45) is 0. The van der Waals surface area contributed by atoms with E-state index in [9.17, 15) is 0 Å². The zero-order valence-electron chi connectivity index (χ0n) is 5.49. The summed E-state index contributed by atoms with van der Waals surface area (Å²) in [7, 11) is -0.140. The van der Waals surface area contributed by atoms with Crippen LogP contribution in [0.1, 0.15) is 0 Å². The Hall–Kier alpha value is -0.250. The average Bonchev–Trinajstić information content (AvgIpc) is 2.35. The molecule has 0 spiro atoms. The van der Waals surface area contributed by atoms with Crippen molar-refractivity contribution in [2.24, 2.45) is 0 Å². The van der Waals surface area contributed by atoms with Crippen molar-refractivity contribution in [1.82, 2.24) is 4.98 Å². The van der Waals surface area contributed by atoms with Crippen LogP contribution in [0.2, 0.25) is 5.02 Å². The van der Waals surface area contributed by atoms with Gasteiger partial charge in [0.05, 0.1) is 14.5 Å². The highest BCUT2D eigenvalue weighted by Gasteiger charge is 2.11. The minimum Gasteiger partial charge on any atom is -0.197 e. The molecule has 0 N–H and O–H groups in total. The maximum atomic E-state index is 5.89. The van der Waals surface area contributed by atoms with Crippen LogP contribution < -0.4 is 0 Å². The third-order valence-electron chi connectivity index (χ3n) is 1.46. The maximum Gasteiger partial charge on any atom is 0.243 e. The van der Waals surface area contributed by atoms with E-state index in [0.717, 1.165) is 10.2 Å². The van der Waals surface area contributed by atoms with Crippen molar-refractivity contribution in [1.29, 1.82) is 0 Å². The van der Waals surface area contributed by atoms with E-state index in [0.29, 0.717) is 5.02 Å². The number of nitrogens with zero attached hydrogens (tertiary/aromatic N) is 1. The Morgan fingerprint density at radius 3 is 3.00 bits per heavy atom. The highest BCUT2D eigenvalue weighted by atomic mass is 35.5. The molecule has 1 heterocycles. The first-order chi connectivity index (χ1) is 5.29. The van der Waals surface area contributed by atoms with Crippen LogP contribution in [0.4, 0.5) is 0 Å². The second kappa shape index (κ2) is 2.66. The van der Waals surface area contributed by atoms with Gasteiger partial charge in [-0.3, -0.25) is 0 Å². The lowest BCUT2D eigenvalue weighted by atomic mass is 10.3. The zero-order chi connectivity index (χ0) is 7.84. The van der Waals surface area contributed by atoms with Crippen LogP contribution in [-0.4, -0.2) is 4.98 Å². The standard InChI is InChI=1S/C7H5ClNS2/c8-5-2-1-3-6-7(5)9-4-11(6)10/h1-4,10H/q+1. The zero-order valence-corrected chi connectivity index (χ0v) is 7.96. The number of hydrogen-bond donors (Lipinski definition) is 1. The van der Waals surface area contributed by atoms with Crippen LogP contribution >= 0.6 is 32.8 Å². The summed E-state index contributed by atoms with van der Waals surface area (Å²) in [6, 6.07) is 5.77. The van der Waals surface area contributed by atoms with E-state index in [1.807, 2.05) is 23.7 Å². The molecule has 0 aliphatic rings. The van der Waals surface area contributed by atoms with E-state index < -0.39 is 0 Å². The van der Waals surface area contributed by atoms with Crippen molar-refractivity contribution in [3.8, 4) is 0 Å². The van der Waals surface area contributed by atoms with Crippen LogP contribution in [0.3, 0.4) is 0 Å². The van der Waals surface area contributed by atoms with E-state index in [2.05, 4.69) is 16.6 Å². The molecule has 0 bridgehead atoms. The number of benzene rings is 1. The molecule has 1 unspecified atom stereocenters. The summed E-state index contributed by atoms with van der Waals surface area (Å²) < 4.78 is 1.13. The van der Waals surface area contributed by atoms with E-state index in [-0.39, 0.29) is 9.50 Å². The molecule has 56 valence electrons. The molecule has 0 saturated carbocycles. The van der Waals surface area contributed by atoms with Crippen molar-refractivity contribution in [2.75, 3.05) is 0 Å². The average molecular weight is 203 g/mol. The van der Waals surface area contributed by atoms with Crippen molar-refractivity contribution in [3.05, 3.63) is 28.7 Å². The van der Waals surface area contributed by atoms with Gasteiger partial charge in [0, 0.05) is 6.07 Å². The lowest BCUT2D eigenvalue weighted by Gasteiger charge is -1.84. The molecule has 0 aliphatic carbocycles. The summed E-state index contributed by atoms with van der Waals surface area (Å²) >= 11 is 10.2. The summed E-state index contributed by atoms with van der Waals surface area (Å²) in [4.78, 5) is 4.16. The maximum absolute atomic E-state index is 5.89. The number of para-hydroxylation sites is 1.